The molecule has 0 bridgehead atoms. The first-order chi connectivity index (χ1) is 6.83. The van der Waals surface area contributed by atoms with Crippen molar-refractivity contribution in [3.05, 3.63) is 23.2 Å². The normalized spacial score (nSPS) is 10.7. The Morgan fingerprint density at radius 3 is 2.93 bits per heavy atom. The number of rotatable bonds is 3. The van der Waals surface area contributed by atoms with Crippen molar-refractivity contribution >= 4 is 21.6 Å². The predicted molar refractivity (Wildman–Crippen MR) is 60.2 cm³/mol. The zero-order valence-electron chi connectivity index (χ0n) is 8.41. The van der Waals surface area contributed by atoms with Crippen LogP contribution in [0.1, 0.15) is 18.9 Å². The van der Waals surface area contributed by atoms with Crippen LogP contribution in [0.4, 0.5) is 0 Å². The Balaban J connectivity index is 2.43. The van der Waals surface area contributed by atoms with Crippen LogP contribution in [0, 0.1) is 0 Å². The molecule has 0 aliphatic rings. The molecule has 0 aliphatic heterocycles. The SMILES string of the molecule is CCOc1ccc2sc(CC)nc2c1. The number of thiazole rings is 1. The molecule has 74 valence electrons. The maximum atomic E-state index is 5.42. The summed E-state index contributed by atoms with van der Waals surface area (Å²) >= 11 is 1.76. The second-order valence-electron chi connectivity index (χ2n) is 3.02. The lowest BCUT2D eigenvalue weighted by Crippen LogP contribution is -1.90. The predicted octanol–water partition coefficient (Wildman–Crippen LogP) is 3.26. The molecule has 0 saturated carbocycles. The molecule has 0 aliphatic carbocycles. The summed E-state index contributed by atoms with van der Waals surface area (Å²) in [4.78, 5) is 4.51. The fourth-order valence-electron chi connectivity index (χ4n) is 1.36. The summed E-state index contributed by atoms with van der Waals surface area (Å²) in [5, 5.41) is 1.19. The van der Waals surface area contributed by atoms with E-state index >= 15 is 0 Å². The van der Waals surface area contributed by atoms with Gasteiger partial charge in [0, 0.05) is 6.07 Å². The Bertz CT molecular complexity index is 436. The van der Waals surface area contributed by atoms with Crippen molar-refractivity contribution in [2.24, 2.45) is 0 Å². The van der Waals surface area contributed by atoms with Crippen LogP contribution in [-0.4, -0.2) is 11.6 Å². The summed E-state index contributed by atoms with van der Waals surface area (Å²) in [6.45, 7) is 4.82. The Kier molecular flexibility index (Phi) is 2.68. The van der Waals surface area contributed by atoms with Gasteiger partial charge in [-0.05, 0) is 25.5 Å². The quantitative estimate of drug-likeness (QED) is 0.770. The van der Waals surface area contributed by atoms with Crippen LogP contribution >= 0.6 is 11.3 Å². The minimum absolute atomic E-state index is 0.705. The van der Waals surface area contributed by atoms with Gasteiger partial charge in [-0.15, -0.1) is 11.3 Å². The minimum atomic E-state index is 0.705. The van der Waals surface area contributed by atoms with Crippen molar-refractivity contribution in [1.29, 1.82) is 0 Å². The molecule has 0 N–H and O–H groups in total. The van der Waals surface area contributed by atoms with Crippen molar-refractivity contribution in [3.63, 3.8) is 0 Å². The lowest BCUT2D eigenvalue weighted by Gasteiger charge is -2.00. The van der Waals surface area contributed by atoms with E-state index in [4.69, 9.17) is 4.74 Å². The highest BCUT2D eigenvalue weighted by molar-refractivity contribution is 7.18. The summed E-state index contributed by atoms with van der Waals surface area (Å²) in [7, 11) is 0. The summed E-state index contributed by atoms with van der Waals surface area (Å²) in [6, 6.07) is 6.09. The Morgan fingerprint density at radius 2 is 2.21 bits per heavy atom. The van der Waals surface area contributed by atoms with E-state index in [0.29, 0.717) is 6.61 Å². The second-order valence-corrected chi connectivity index (χ2v) is 4.14. The van der Waals surface area contributed by atoms with Crippen molar-refractivity contribution < 1.29 is 4.74 Å². The van der Waals surface area contributed by atoms with Crippen LogP contribution in [-0.2, 0) is 6.42 Å². The third kappa shape index (κ3) is 1.73. The number of nitrogens with zero attached hydrogens (tertiary/aromatic N) is 1. The molecule has 0 amide bonds. The Labute approximate surface area is 87.5 Å². The number of hydrogen-bond donors (Lipinski definition) is 0. The van der Waals surface area contributed by atoms with Crippen LogP contribution in [0.25, 0.3) is 10.2 Å². The minimum Gasteiger partial charge on any atom is -0.494 e. The van der Waals surface area contributed by atoms with E-state index in [1.807, 2.05) is 19.1 Å². The van der Waals surface area contributed by atoms with E-state index in [2.05, 4.69) is 18.0 Å². The van der Waals surface area contributed by atoms with Gasteiger partial charge >= 0.3 is 0 Å². The van der Waals surface area contributed by atoms with E-state index in [-0.39, 0.29) is 0 Å². The van der Waals surface area contributed by atoms with Crippen LogP contribution in [0.3, 0.4) is 0 Å². The van der Waals surface area contributed by atoms with Crippen molar-refractivity contribution in [2.45, 2.75) is 20.3 Å². The highest BCUT2D eigenvalue weighted by Crippen LogP contribution is 2.26. The number of hydrogen-bond acceptors (Lipinski definition) is 3. The zero-order chi connectivity index (χ0) is 9.97. The standard InChI is InChI=1S/C11H13NOS/c1-3-11-12-9-7-8(13-4-2)5-6-10(9)14-11/h5-7H,3-4H2,1-2H3. The monoisotopic (exact) mass is 207 g/mol. The first-order valence-electron chi connectivity index (χ1n) is 4.85. The molecule has 3 heteroatoms. The summed E-state index contributed by atoms with van der Waals surface area (Å²) in [5.41, 5.74) is 1.05. The first-order valence-corrected chi connectivity index (χ1v) is 5.67. The van der Waals surface area contributed by atoms with Gasteiger partial charge in [-0.3, -0.25) is 0 Å². The average Bonchev–Trinajstić information content (AvgIpc) is 2.60. The summed E-state index contributed by atoms with van der Waals surface area (Å²) in [5.74, 6) is 0.910. The maximum Gasteiger partial charge on any atom is 0.121 e. The van der Waals surface area contributed by atoms with Gasteiger partial charge in [0.25, 0.3) is 0 Å². The molecule has 0 radical (unpaired) electrons. The fraction of sp³-hybridized carbons (Fsp3) is 0.364. The van der Waals surface area contributed by atoms with E-state index in [1.165, 1.54) is 9.71 Å². The number of ether oxygens (including phenoxy) is 1. The molecule has 0 fully saturated rings. The molecule has 0 spiro atoms. The molecular weight excluding hydrogens is 194 g/mol. The van der Waals surface area contributed by atoms with E-state index in [0.717, 1.165) is 17.7 Å². The molecule has 0 unspecified atom stereocenters. The number of benzene rings is 1. The van der Waals surface area contributed by atoms with Crippen LogP contribution in [0.15, 0.2) is 18.2 Å². The second kappa shape index (κ2) is 3.96. The van der Waals surface area contributed by atoms with Gasteiger partial charge in [-0.1, -0.05) is 6.92 Å². The third-order valence-corrected chi connectivity index (χ3v) is 3.20. The van der Waals surface area contributed by atoms with Gasteiger partial charge in [0.15, 0.2) is 0 Å². The van der Waals surface area contributed by atoms with Gasteiger partial charge in [0.05, 0.1) is 21.8 Å². The summed E-state index contributed by atoms with van der Waals surface area (Å²) in [6.07, 6.45) is 1.00. The average molecular weight is 207 g/mol. The van der Waals surface area contributed by atoms with E-state index < -0.39 is 0 Å². The summed E-state index contributed by atoms with van der Waals surface area (Å²) < 4.78 is 6.66. The fourth-order valence-corrected chi connectivity index (χ4v) is 2.25. The van der Waals surface area contributed by atoms with E-state index in [9.17, 15) is 0 Å². The van der Waals surface area contributed by atoms with E-state index in [1.54, 1.807) is 11.3 Å². The molecule has 2 rings (SSSR count). The largest absolute Gasteiger partial charge is 0.494 e. The molecule has 2 nitrogen and oxygen atoms in total. The molecule has 2 aromatic rings. The Morgan fingerprint density at radius 1 is 1.36 bits per heavy atom. The van der Waals surface area contributed by atoms with Gasteiger partial charge < -0.3 is 4.74 Å². The van der Waals surface area contributed by atoms with Crippen LogP contribution < -0.4 is 4.74 Å². The van der Waals surface area contributed by atoms with Crippen molar-refractivity contribution in [1.82, 2.24) is 4.98 Å². The van der Waals surface area contributed by atoms with Crippen LogP contribution in [0.5, 0.6) is 5.75 Å². The van der Waals surface area contributed by atoms with Crippen molar-refractivity contribution in [3.8, 4) is 5.75 Å². The smallest absolute Gasteiger partial charge is 0.121 e. The molecule has 1 heterocycles. The van der Waals surface area contributed by atoms with Gasteiger partial charge in [0.2, 0.25) is 0 Å². The number of fused-ring (bicyclic) bond motifs is 1. The molecule has 1 aromatic heterocycles. The maximum absolute atomic E-state index is 5.42. The topological polar surface area (TPSA) is 22.1 Å². The highest BCUT2D eigenvalue weighted by atomic mass is 32.1. The number of aromatic nitrogens is 1. The number of aryl methyl sites for hydroxylation is 1. The van der Waals surface area contributed by atoms with Gasteiger partial charge in [-0.25, -0.2) is 4.98 Å². The molecular formula is C11H13NOS. The molecule has 14 heavy (non-hydrogen) atoms. The third-order valence-electron chi connectivity index (χ3n) is 2.02. The molecule has 1 aromatic carbocycles. The lowest BCUT2D eigenvalue weighted by atomic mass is 10.3. The van der Waals surface area contributed by atoms with Crippen LogP contribution in [0.2, 0.25) is 0 Å². The first kappa shape index (κ1) is 9.46. The molecule has 0 atom stereocenters. The van der Waals surface area contributed by atoms with Gasteiger partial charge in [-0.2, -0.15) is 0 Å². The zero-order valence-corrected chi connectivity index (χ0v) is 9.23. The van der Waals surface area contributed by atoms with Crippen molar-refractivity contribution in [2.75, 3.05) is 6.61 Å². The highest BCUT2D eigenvalue weighted by Gasteiger charge is 2.03. The molecule has 0 saturated heterocycles. The Hall–Kier alpha value is -1.09. The lowest BCUT2D eigenvalue weighted by molar-refractivity contribution is 0.340. The van der Waals surface area contributed by atoms with Gasteiger partial charge in [0.1, 0.15) is 5.75 Å².